The molecule has 0 fully saturated rings. The molecule has 0 heterocycles. The third-order valence-electron chi connectivity index (χ3n) is 12.6. The van der Waals surface area contributed by atoms with Crippen LogP contribution in [0.3, 0.4) is 0 Å². The second-order valence-electron chi connectivity index (χ2n) is 19.2. The molecule has 0 aliphatic rings. The van der Waals surface area contributed by atoms with Crippen molar-refractivity contribution in [3.05, 3.63) is 48.6 Å². The first-order chi connectivity index (χ1) is 32.5. The van der Waals surface area contributed by atoms with E-state index < -0.39 is 6.10 Å². The number of unbranched alkanes of at least 4 members (excludes halogenated alkanes) is 33. The van der Waals surface area contributed by atoms with Crippen LogP contribution in [-0.4, -0.2) is 37.2 Å². The van der Waals surface area contributed by atoms with Crippen LogP contribution in [0.25, 0.3) is 0 Å². The second-order valence-corrected chi connectivity index (χ2v) is 19.2. The molecule has 0 saturated carbocycles. The van der Waals surface area contributed by atoms with E-state index in [9.17, 15) is 14.4 Å². The third-order valence-corrected chi connectivity index (χ3v) is 12.6. The molecule has 0 aromatic rings. The Balaban J connectivity index is 3.93. The van der Waals surface area contributed by atoms with Gasteiger partial charge >= 0.3 is 17.9 Å². The zero-order valence-corrected chi connectivity index (χ0v) is 44.0. The summed E-state index contributed by atoms with van der Waals surface area (Å²) in [5.41, 5.74) is 0. The first kappa shape index (κ1) is 63.4. The summed E-state index contributed by atoms with van der Waals surface area (Å²) < 4.78 is 16.7. The van der Waals surface area contributed by atoms with Crippen molar-refractivity contribution in [2.24, 2.45) is 0 Å². The number of carbonyl (C=O) groups is 3. The minimum Gasteiger partial charge on any atom is -0.462 e. The summed E-state index contributed by atoms with van der Waals surface area (Å²) in [5, 5.41) is 0. The molecule has 0 amide bonds. The quantitative estimate of drug-likeness (QED) is 0.0262. The molecule has 1 unspecified atom stereocenters. The first-order valence-electron chi connectivity index (χ1n) is 28.6. The van der Waals surface area contributed by atoms with Gasteiger partial charge in [0.2, 0.25) is 0 Å². The number of hydrogen-bond acceptors (Lipinski definition) is 6. The zero-order valence-electron chi connectivity index (χ0n) is 44.0. The summed E-state index contributed by atoms with van der Waals surface area (Å²) in [6.45, 7) is 6.49. The van der Waals surface area contributed by atoms with Crippen LogP contribution in [0, 0.1) is 0 Å². The highest BCUT2D eigenvalue weighted by atomic mass is 16.6. The first-order valence-corrected chi connectivity index (χ1v) is 28.6. The summed E-state index contributed by atoms with van der Waals surface area (Å²) in [4.78, 5) is 37.8. The topological polar surface area (TPSA) is 78.9 Å². The maximum atomic E-state index is 12.7. The molecule has 0 spiro atoms. The Kier molecular flexibility index (Phi) is 52.8. The number of rotatable bonds is 52. The van der Waals surface area contributed by atoms with Gasteiger partial charge in [-0.15, -0.1) is 0 Å². The van der Waals surface area contributed by atoms with E-state index in [-0.39, 0.29) is 31.1 Å². The average Bonchev–Trinajstić information content (AvgIpc) is 3.31. The highest BCUT2D eigenvalue weighted by molar-refractivity contribution is 5.71. The van der Waals surface area contributed by atoms with E-state index in [1.165, 1.54) is 173 Å². The Morgan fingerprint density at radius 2 is 0.591 bits per heavy atom. The van der Waals surface area contributed by atoms with E-state index in [0.29, 0.717) is 19.3 Å². The van der Waals surface area contributed by atoms with E-state index in [4.69, 9.17) is 14.2 Å². The average molecular weight is 926 g/mol. The van der Waals surface area contributed by atoms with Crippen LogP contribution in [0.5, 0.6) is 0 Å². The molecular formula is C60H108O6. The van der Waals surface area contributed by atoms with Crippen LogP contribution < -0.4 is 0 Å². The Bertz CT molecular complexity index is 1150. The van der Waals surface area contributed by atoms with Crippen molar-refractivity contribution in [3.8, 4) is 0 Å². The number of ether oxygens (including phenoxy) is 3. The largest absolute Gasteiger partial charge is 0.462 e. The molecule has 0 aliphatic heterocycles. The summed E-state index contributed by atoms with van der Waals surface area (Å²) in [6, 6.07) is 0. The van der Waals surface area contributed by atoms with Crippen LogP contribution in [0.1, 0.15) is 297 Å². The van der Waals surface area contributed by atoms with Crippen molar-refractivity contribution in [1.82, 2.24) is 0 Å². The van der Waals surface area contributed by atoms with Gasteiger partial charge in [0.15, 0.2) is 6.10 Å². The summed E-state index contributed by atoms with van der Waals surface area (Å²) in [6.07, 6.45) is 67.2. The number of allylic oxidation sites excluding steroid dienone is 8. The molecular weight excluding hydrogens is 817 g/mol. The van der Waals surface area contributed by atoms with Crippen molar-refractivity contribution in [2.45, 2.75) is 303 Å². The number of hydrogen-bond donors (Lipinski definition) is 0. The molecule has 6 nitrogen and oxygen atoms in total. The molecule has 0 saturated heterocycles. The summed E-state index contributed by atoms with van der Waals surface area (Å²) in [7, 11) is 0. The van der Waals surface area contributed by atoms with Crippen LogP contribution >= 0.6 is 0 Å². The lowest BCUT2D eigenvalue weighted by atomic mass is 10.0. The molecule has 0 aromatic carbocycles. The van der Waals surface area contributed by atoms with Gasteiger partial charge in [-0.2, -0.15) is 0 Å². The van der Waals surface area contributed by atoms with E-state index in [2.05, 4.69) is 69.4 Å². The maximum absolute atomic E-state index is 12.7. The van der Waals surface area contributed by atoms with E-state index >= 15 is 0 Å². The normalized spacial score (nSPS) is 12.3. The number of esters is 3. The molecule has 0 aromatic heterocycles. The van der Waals surface area contributed by atoms with Gasteiger partial charge in [0.25, 0.3) is 0 Å². The van der Waals surface area contributed by atoms with Crippen molar-refractivity contribution in [3.63, 3.8) is 0 Å². The van der Waals surface area contributed by atoms with E-state index in [1.807, 2.05) is 0 Å². The van der Waals surface area contributed by atoms with Gasteiger partial charge in [-0.3, -0.25) is 14.4 Å². The zero-order chi connectivity index (χ0) is 47.9. The SMILES string of the molecule is CC/C=C\C/C=C\C/C=C\C/C=C\CCCCCCCCCCCCCCCCCCCCC(=O)OCC(COC(=O)CCCCCCCCC)OC(=O)CCCCCCCCCCCC. The van der Waals surface area contributed by atoms with Crippen molar-refractivity contribution < 1.29 is 28.6 Å². The van der Waals surface area contributed by atoms with Gasteiger partial charge in [-0.1, -0.05) is 268 Å². The van der Waals surface area contributed by atoms with Crippen molar-refractivity contribution >= 4 is 17.9 Å². The van der Waals surface area contributed by atoms with Crippen LogP contribution in [0.2, 0.25) is 0 Å². The maximum Gasteiger partial charge on any atom is 0.306 e. The molecule has 0 rings (SSSR count). The molecule has 0 N–H and O–H groups in total. The van der Waals surface area contributed by atoms with Crippen LogP contribution in [-0.2, 0) is 28.6 Å². The summed E-state index contributed by atoms with van der Waals surface area (Å²) >= 11 is 0. The lowest BCUT2D eigenvalue weighted by Gasteiger charge is -2.18. The highest BCUT2D eigenvalue weighted by Crippen LogP contribution is 2.17. The van der Waals surface area contributed by atoms with Gasteiger partial charge in [-0.05, 0) is 57.8 Å². The van der Waals surface area contributed by atoms with Gasteiger partial charge < -0.3 is 14.2 Å². The molecule has 0 bridgehead atoms. The standard InChI is InChI=1S/C60H108O6/c1-4-7-10-13-16-18-20-21-22-23-24-25-26-27-28-29-30-31-32-33-34-35-36-37-38-39-40-42-44-47-50-53-59(62)65-56-57(55-64-58(61)52-49-46-43-15-12-9-6-3)66-60(63)54-51-48-45-41-19-17-14-11-8-5-2/h7,10,16,18,21-22,24-25,57H,4-6,8-9,11-15,17,19-20,23,26-56H2,1-3H3/b10-7-,18-16-,22-21-,25-24-. The number of carbonyl (C=O) groups excluding carboxylic acids is 3. The van der Waals surface area contributed by atoms with Gasteiger partial charge in [0, 0.05) is 19.3 Å². The fraction of sp³-hybridized carbons (Fsp3) is 0.817. The smallest absolute Gasteiger partial charge is 0.306 e. The third kappa shape index (κ3) is 52.3. The highest BCUT2D eigenvalue weighted by Gasteiger charge is 2.19. The predicted octanol–water partition coefficient (Wildman–Crippen LogP) is 19.0. The van der Waals surface area contributed by atoms with Gasteiger partial charge in [-0.25, -0.2) is 0 Å². The summed E-state index contributed by atoms with van der Waals surface area (Å²) in [5.74, 6) is -0.863. The fourth-order valence-electron chi connectivity index (χ4n) is 8.32. The Morgan fingerprint density at radius 1 is 0.318 bits per heavy atom. The van der Waals surface area contributed by atoms with Crippen molar-refractivity contribution in [2.75, 3.05) is 13.2 Å². The molecule has 1 atom stereocenters. The van der Waals surface area contributed by atoms with Crippen molar-refractivity contribution in [1.29, 1.82) is 0 Å². The Morgan fingerprint density at radius 3 is 0.924 bits per heavy atom. The Hall–Kier alpha value is -2.63. The minimum absolute atomic E-state index is 0.0675. The molecule has 6 heteroatoms. The minimum atomic E-state index is -0.763. The molecule has 384 valence electrons. The lowest BCUT2D eigenvalue weighted by molar-refractivity contribution is -0.167. The van der Waals surface area contributed by atoms with Crippen LogP contribution in [0.4, 0.5) is 0 Å². The fourth-order valence-corrected chi connectivity index (χ4v) is 8.32. The molecule has 0 radical (unpaired) electrons. The monoisotopic (exact) mass is 925 g/mol. The molecule has 66 heavy (non-hydrogen) atoms. The lowest BCUT2D eigenvalue weighted by Crippen LogP contribution is -2.30. The second kappa shape index (κ2) is 55.0. The van der Waals surface area contributed by atoms with Crippen LogP contribution in [0.15, 0.2) is 48.6 Å². The van der Waals surface area contributed by atoms with E-state index in [0.717, 1.165) is 83.5 Å². The Labute approximate surface area is 409 Å². The molecule has 0 aliphatic carbocycles. The predicted molar refractivity (Wildman–Crippen MR) is 284 cm³/mol. The van der Waals surface area contributed by atoms with Gasteiger partial charge in [0.1, 0.15) is 13.2 Å². The van der Waals surface area contributed by atoms with E-state index in [1.54, 1.807) is 0 Å². The van der Waals surface area contributed by atoms with Gasteiger partial charge in [0.05, 0.1) is 0 Å².